The van der Waals surface area contributed by atoms with Gasteiger partial charge in [-0.1, -0.05) is 22.0 Å². The number of nitrogens with zero attached hydrogens (tertiary/aromatic N) is 1. The number of aromatic nitrogens is 1. The van der Waals surface area contributed by atoms with E-state index >= 15 is 0 Å². The van der Waals surface area contributed by atoms with Gasteiger partial charge in [0.15, 0.2) is 0 Å². The molecule has 6 nitrogen and oxygen atoms in total. The van der Waals surface area contributed by atoms with Gasteiger partial charge in [-0.25, -0.2) is 9.18 Å². The lowest BCUT2D eigenvalue weighted by Gasteiger charge is -2.13. The molecule has 1 aliphatic heterocycles. The molecule has 2 aromatic carbocycles. The number of ether oxygens (including phenoxy) is 1. The molecule has 148 valence electrons. The van der Waals surface area contributed by atoms with E-state index < -0.39 is 17.9 Å². The Morgan fingerprint density at radius 2 is 1.93 bits per heavy atom. The summed E-state index contributed by atoms with van der Waals surface area (Å²) in [6.07, 6.45) is -0.653. The summed E-state index contributed by atoms with van der Waals surface area (Å²) in [5, 5.41) is 3.46. The van der Waals surface area contributed by atoms with E-state index in [4.69, 9.17) is 4.74 Å². The molecular weight excluding hydrogens is 443 g/mol. The van der Waals surface area contributed by atoms with Crippen LogP contribution in [0, 0.1) is 5.82 Å². The highest BCUT2D eigenvalue weighted by atomic mass is 79.9. The molecule has 1 atom stereocenters. The average molecular weight is 459 g/mol. The normalized spacial score (nSPS) is 15.2. The van der Waals surface area contributed by atoms with Gasteiger partial charge < -0.3 is 14.6 Å². The summed E-state index contributed by atoms with van der Waals surface area (Å²) in [6.45, 7) is 0.377. The number of pyridine rings is 1. The minimum atomic E-state index is -0.639. The lowest BCUT2D eigenvalue weighted by atomic mass is 10.0. The summed E-state index contributed by atoms with van der Waals surface area (Å²) in [4.78, 5) is 36.4. The van der Waals surface area contributed by atoms with Gasteiger partial charge in [-0.2, -0.15) is 0 Å². The van der Waals surface area contributed by atoms with E-state index in [1.807, 2.05) is 0 Å². The molecule has 1 aliphatic rings. The van der Waals surface area contributed by atoms with E-state index in [1.165, 1.54) is 22.8 Å². The third kappa shape index (κ3) is 3.93. The molecule has 1 unspecified atom stereocenters. The lowest BCUT2D eigenvalue weighted by molar-refractivity contribution is -0.123. The number of carbonyl (C=O) groups excluding carboxylic acids is 2. The maximum Gasteiger partial charge on any atom is 0.339 e. The number of esters is 1. The first-order chi connectivity index (χ1) is 13.9. The molecular formula is C21H16BrFN2O4. The molecule has 29 heavy (non-hydrogen) atoms. The summed E-state index contributed by atoms with van der Waals surface area (Å²) in [5.41, 5.74) is 1.31. The van der Waals surface area contributed by atoms with E-state index in [1.54, 1.807) is 30.3 Å². The largest absolute Gasteiger partial charge is 0.453 e. The van der Waals surface area contributed by atoms with Crippen LogP contribution in [0.4, 0.5) is 4.39 Å². The molecule has 0 radical (unpaired) electrons. The molecule has 0 spiro atoms. The molecule has 0 fully saturated rings. The Labute approximate surface area is 173 Å². The summed E-state index contributed by atoms with van der Waals surface area (Å²) in [6, 6.07) is 12.5. The van der Waals surface area contributed by atoms with Gasteiger partial charge in [0.25, 0.3) is 5.56 Å². The van der Waals surface area contributed by atoms with E-state index in [9.17, 15) is 18.8 Å². The number of carbonyl (C=O) groups is 2. The zero-order valence-electron chi connectivity index (χ0n) is 15.2. The highest BCUT2D eigenvalue weighted by molar-refractivity contribution is 9.10. The summed E-state index contributed by atoms with van der Waals surface area (Å²) >= 11 is 3.31. The Kier molecular flexibility index (Phi) is 5.19. The molecule has 1 N–H and O–H groups in total. The second-order valence-electron chi connectivity index (χ2n) is 6.71. The van der Waals surface area contributed by atoms with Crippen molar-refractivity contribution < 1.29 is 18.7 Å². The first kappa shape index (κ1) is 19.3. The van der Waals surface area contributed by atoms with Gasteiger partial charge in [0, 0.05) is 29.2 Å². The molecule has 4 rings (SSSR count). The number of hydrogen-bond donors (Lipinski definition) is 1. The van der Waals surface area contributed by atoms with Crippen LogP contribution in [0.3, 0.4) is 0 Å². The van der Waals surface area contributed by atoms with Crippen LogP contribution in [0.15, 0.2) is 57.8 Å². The number of cyclic esters (lactones) is 1. The van der Waals surface area contributed by atoms with Crippen LogP contribution in [-0.4, -0.2) is 23.0 Å². The van der Waals surface area contributed by atoms with Crippen molar-refractivity contribution in [3.8, 4) is 0 Å². The molecule has 0 saturated carbocycles. The topological polar surface area (TPSA) is 77.4 Å². The number of amides is 1. The van der Waals surface area contributed by atoms with Crippen LogP contribution < -0.4 is 10.9 Å². The number of fused-ring (bicyclic) bond motifs is 2. The third-order valence-corrected chi connectivity index (χ3v) is 5.31. The molecule has 8 heteroatoms. The van der Waals surface area contributed by atoms with Crippen molar-refractivity contribution >= 4 is 38.7 Å². The zero-order valence-corrected chi connectivity index (χ0v) is 16.7. The molecule has 1 aromatic heterocycles. The minimum Gasteiger partial charge on any atom is -0.453 e. The van der Waals surface area contributed by atoms with Crippen molar-refractivity contribution in [2.45, 2.75) is 19.1 Å². The predicted octanol–water partition coefficient (Wildman–Crippen LogP) is 3.32. The Morgan fingerprint density at radius 3 is 2.76 bits per heavy atom. The molecule has 2 heterocycles. The number of rotatable bonds is 5. The van der Waals surface area contributed by atoms with Gasteiger partial charge in [0.1, 0.15) is 11.9 Å². The van der Waals surface area contributed by atoms with Gasteiger partial charge >= 0.3 is 5.97 Å². The Bertz CT molecular complexity index is 1190. The fourth-order valence-electron chi connectivity index (χ4n) is 3.43. The first-order valence-electron chi connectivity index (χ1n) is 8.98. The molecule has 1 amide bonds. The van der Waals surface area contributed by atoms with E-state index in [2.05, 4.69) is 21.2 Å². The highest BCUT2D eigenvalue weighted by Gasteiger charge is 2.32. The maximum atomic E-state index is 13.6. The quantitative estimate of drug-likeness (QED) is 0.594. The molecule has 0 saturated heterocycles. The van der Waals surface area contributed by atoms with Crippen molar-refractivity contribution in [2.24, 2.45) is 0 Å². The molecule has 0 bridgehead atoms. The first-order valence-corrected chi connectivity index (χ1v) is 9.78. The SMILES string of the molecule is O=C(CC1OC(=O)c2cc(Br)ccc21)NCCn1c(=O)ccc2ccc(F)cc21. The summed E-state index contributed by atoms with van der Waals surface area (Å²) in [5.74, 6) is -1.20. The summed E-state index contributed by atoms with van der Waals surface area (Å²) in [7, 11) is 0. The van der Waals surface area contributed by atoms with Crippen LogP contribution in [0.1, 0.15) is 28.4 Å². The van der Waals surface area contributed by atoms with Gasteiger partial charge in [-0.3, -0.25) is 9.59 Å². The molecule has 0 aliphatic carbocycles. The van der Waals surface area contributed by atoms with Crippen LogP contribution in [0.5, 0.6) is 0 Å². The Morgan fingerprint density at radius 1 is 1.14 bits per heavy atom. The van der Waals surface area contributed by atoms with Gasteiger partial charge in [-0.05, 0) is 41.8 Å². The van der Waals surface area contributed by atoms with Crippen LogP contribution in [0.2, 0.25) is 0 Å². The van der Waals surface area contributed by atoms with Crippen molar-refractivity contribution in [3.05, 3.63) is 80.3 Å². The van der Waals surface area contributed by atoms with Crippen LogP contribution in [0.25, 0.3) is 10.9 Å². The minimum absolute atomic E-state index is 0.0144. The van der Waals surface area contributed by atoms with Crippen molar-refractivity contribution in [1.29, 1.82) is 0 Å². The highest BCUT2D eigenvalue weighted by Crippen LogP contribution is 2.34. The van der Waals surface area contributed by atoms with E-state index in [0.717, 1.165) is 9.86 Å². The second kappa shape index (κ2) is 7.79. The lowest BCUT2D eigenvalue weighted by Crippen LogP contribution is -2.31. The fraction of sp³-hybridized carbons (Fsp3) is 0.190. The van der Waals surface area contributed by atoms with Gasteiger partial charge in [-0.15, -0.1) is 0 Å². The Balaban J connectivity index is 1.41. The third-order valence-electron chi connectivity index (χ3n) is 4.81. The fourth-order valence-corrected chi connectivity index (χ4v) is 3.79. The summed E-state index contributed by atoms with van der Waals surface area (Å²) < 4.78 is 21.0. The standard InChI is InChI=1S/C21H16BrFN2O4/c22-13-3-5-15-16(9-13)21(28)29-18(15)11-19(26)24-7-8-25-17-10-14(23)4-1-12(17)2-6-20(25)27/h1-6,9-10,18H,7-8,11H2,(H,24,26). The van der Waals surface area contributed by atoms with Crippen molar-refractivity contribution in [2.75, 3.05) is 6.54 Å². The van der Waals surface area contributed by atoms with Gasteiger partial charge in [0.2, 0.25) is 5.91 Å². The second-order valence-corrected chi connectivity index (χ2v) is 7.62. The van der Waals surface area contributed by atoms with Crippen molar-refractivity contribution in [1.82, 2.24) is 9.88 Å². The number of nitrogens with one attached hydrogen (secondary N) is 1. The van der Waals surface area contributed by atoms with E-state index in [0.29, 0.717) is 16.6 Å². The van der Waals surface area contributed by atoms with Crippen LogP contribution >= 0.6 is 15.9 Å². The number of hydrogen-bond acceptors (Lipinski definition) is 4. The monoisotopic (exact) mass is 458 g/mol. The average Bonchev–Trinajstić information content (AvgIpc) is 2.98. The number of benzene rings is 2. The predicted molar refractivity (Wildman–Crippen MR) is 108 cm³/mol. The van der Waals surface area contributed by atoms with Crippen molar-refractivity contribution in [3.63, 3.8) is 0 Å². The maximum absolute atomic E-state index is 13.6. The zero-order chi connectivity index (χ0) is 20.5. The van der Waals surface area contributed by atoms with Gasteiger partial charge in [0.05, 0.1) is 17.5 Å². The van der Waals surface area contributed by atoms with Crippen LogP contribution in [-0.2, 0) is 16.1 Å². The van der Waals surface area contributed by atoms with E-state index in [-0.39, 0.29) is 31.0 Å². The number of halogens is 2. The smallest absolute Gasteiger partial charge is 0.339 e. The molecule has 3 aromatic rings. The Hall–Kier alpha value is -3.00.